The first kappa shape index (κ1) is 15.6. The van der Waals surface area contributed by atoms with E-state index in [4.69, 9.17) is 11.6 Å². The quantitative estimate of drug-likeness (QED) is 0.752. The van der Waals surface area contributed by atoms with Crippen LogP contribution in [-0.2, 0) is 9.59 Å². The standard InChI is InChI=1S/C14H15ClINO3/c1-7-4-9(10(5-7)14(19)20)13(18)17-12-3-2-8(16)6-11(12)15/h2-3,6-7,9-10H,4-5H2,1H3,(H,17,18)(H,19,20). The number of aliphatic carboxylic acids is 1. The first-order valence-electron chi connectivity index (χ1n) is 6.37. The zero-order chi connectivity index (χ0) is 14.9. The van der Waals surface area contributed by atoms with E-state index in [1.165, 1.54) is 0 Å². The third-order valence-electron chi connectivity index (χ3n) is 3.64. The van der Waals surface area contributed by atoms with Crippen LogP contribution in [-0.4, -0.2) is 17.0 Å². The van der Waals surface area contributed by atoms with E-state index < -0.39 is 17.8 Å². The van der Waals surface area contributed by atoms with Crippen molar-refractivity contribution in [3.63, 3.8) is 0 Å². The van der Waals surface area contributed by atoms with Crippen LogP contribution in [0.5, 0.6) is 0 Å². The number of hydrogen-bond acceptors (Lipinski definition) is 2. The molecule has 0 heterocycles. The fraction of sp³-hybridized carbons (Fsp3) is 0.429. The second kappa shape index (κ2) is 6.30. The predicted octanol–water partition coefficient (Wildman–Crippen LogP) is 3.63. The summed E-state index contributed by atoms with van der Waals surface area (Å²) in [6.07, 6.45) is 1.15. The Morgan fingerprint density at radius 2 is 2.00 bits per heavy atom. The number of rotatable bonds is 3. The molecule has 6 heteroatoms. The van der Waals surface area contributed by atoms with Crippen LogP contribution >= 0.6 is 34.2 Å². The van der Waals surface area contributed by atoms with Crippen molar-refractivity contribution in [1.29, 1.82) is 0 Å². The molecule has 0 aliphatic heterocycles. The fourth-order valence-corrected chi connectivity index (χ4v) is 3.57. The van der Waals surface area contributed by atoms with E-state index in [-0.39, 0.29) is 11.8 Å². The Morgan fingerprint density at radius 3 is 2.60 bits per heavy atom. The number of carbonyl (C=O) groups excluding carboxylic acids is 1. The smallest absolute Gasteiger partial charge is 0.307 e. The van der Waals surface area contributed by atoms with Gasteiger partial charge in [-0.2, -0.15) is 0 Å². The largest absolute Gasteiger partial charge is 0.481 e. The Morgan fingerprint density at radius 1 is 1.35 bits per heavy atom. The number of carboxylic acid groups (broad SMARTS) is 1. The molecule has 1 aliphatic rings. The van der Waals surface area contributed by atoms with Crippen molar-refractivity contribution in [2.24, 2.45) is 17.8 Å². The van der Waals surface area contributed by atoms with Crippen molar-refractivity contribution >= 4 is 51.8 Å². The lowest BCUT2D eigenvalue weighted by Crippen LogP contribution is -2.30. The van der Waals surface area contributed by atoms with Gasteiger partial charge in [-0.1, -0.05) is 18.5 Å². The van der Waals surface area contributed by atoms with Crippen molar-refractivity contribution in [3.8, 4) is 0 Å². The number of halogens is 2. The van der Waals surface area contributed by atoms with E-state index in [9.17, 15) is 14.7 Å². The molecule has 20 heavy (non-hydrogen) atoms. The van der Waals surface area contributed by atoms with Gasteiger partial charge in [0, 0.05) is 3.57 Å². The second-order valence-electron chi connectivity index (χ2n) is 5.24. The average molecular weight is 408 g/mol. The molecular weight excluding hydrogens is 393 g/mol. The third kappa shape index (κ3) is 3.44. The average Bonchev–Trinajstić information content (AvgIpc) is 2.75. The maximum atomic E-state index is 12.3. The van der Waals surface area contributed by atoms with Gasteiger partial charge in [0.15, 0.2) is 0 Å². The van der Waals surface area contributed by atoms with Crippen LogP contribution in [0.4, 0.5) is 5.69 Å². The Bertz CT molecular complexity index is 549. The number of hydrogen-bond donors (Lipinski definition) is 2. The molecule has 4 nitrogen and oxygen atoms in total. The molecule has 1 aromatic rings. The lowest BCUT2D eigenvalue weighted by Gasteiger charge is -2.16. The maximum absolute atomic E-state index is 12.3. The SMILES string of the molecule is CC1CC(C(=O)O)C(C(=O)Nc2ccc(I)cc2Cl)C1. The van der Waals surface area contributed by atoms with Crippen LogP contribution in [0, 0.1) is 21.3 Å². The summed E-state index contributed by atoms with van der Waals surface area (Å²) in [5.41, 5.74) is 0.528. The summed E-state index contributed by atoms with van der Waals surface area (Å²) in [5, 5.41) is 12.4. The summed E-state index contributed by atoms with van der Waals surface area (Å²) in [6.45, 7) is 1.97. The number of carboxylic acids is 1. The van der Waals surface area contributed by atoms with E-state index >= 15 is 0 Å². The number of benzene rings is 1. The van der Waals surface area contributed by atoms with E-state index in [0.717, 1.165) is 3.57 Å². The normalized spacial score (nSPS) is 25.4. The van der Waals surface area contributed by atoms with Gasteiger partial charge in [-0.15, -0.1) is 0 Å². The first-order chi connectivity index (χ1) is 9.38. The highest BCUT2D eigenvalue weighted by Crippen LogP contribution is 2.37. The van der Waals surface area contributed by atoms with Crippen LogP contribution in [0.25, 0.3) is 0 Å². The minimum absolute atomic E-state index is 0.249. The highest BCUT2D eigenvalue weighted by molar-refractivity contribution is 14.1. The fourth-order valence-electron chi connectivity index (χ4n) is 2.67. The lowest BCUT2D eigenvalue weighted by molar-refractivity contribution is -0.145. The summed E-state index contributed by atoms with van der Waals surface area (Å²) in [5.74, 6) is -2.00. The Balaban J connectivity index is 2.13. The maximum Gasteiger partial charge on any atom is 0.307 e. The molecule has 0 bridgehead atoms. The summed E-state index contributed by atoms with van der Waals surface area (Å²) >= 11 is 8.21. The van der Waals surface area contributed by atoms with Crippen molar-refractivity contribution in [3.05, 3.63) is 26.8 Å². The zero-order valence-corrected chi connectivity index (χ0v) is 13.8. The number of amides is 1. The molecule has 1 amide bonds. The summed E-state index contributed by atoms with van der Waals surface area (Å²) < 4.78 is 0.975. The van der Waals surface area contributed by atoms with Gasteiger partial charge in [-0.25, -0.2) is 0 Å². The molecular formula is C14H15ClINO3. The van der Waals surface area contributed by atoms with Gasteiger partial charge in [-0.3, -0.25) is 9.59 Å². The number of anilines is 1. The highest BCUT2D eigenvalue weighted by Gasteiger charge is 2.41. The summed E-state index contributed by atoms with van der Waals surface area (Å²) in [7, 11) is 0. The minimum Gasteiger partial charge on any atom is -0.481 e. The molecule has 0 spiro atoms. The van der Waals surface area contributed by atoms with E-state index in [1.807, 2.05) is 13.0 Å². The first-order valence-corrected chi connectivity index (χ1v) is 7.83. The lowest BCUT2D eigenvalue weighted by atomic mass is 9.95. The van der Waals surface area contributed by atoms with Crippen LogP contribution < -0.4 is 5.32 Å². The van der Waals surface area contributed by atoms with Gasteiger partial charge in [-0.05, 0) is 59.5 Å². The monoisotopic (exact) mass is 407 g/mol. The molecule has 1 aliphatic carbocycles. The van der Waals surface area contributed by atoms with Crippen LogP contribution in [0.1, 0.15) is 19.8 Å². The van der Waals surface area contributed by atoms with E-state index in [2.05, 4.69) is 27.9 Å². The van der Waals surface area contributed by atoms with Crippen LogP contribution in [0.15, 0.2) is 18.2 Å². The number of carbonyl (C=O) groups is 2. The van der Waals surface area contributed by atoms with Gasteiger partial charge in [0.25, 0.3) is 0 Å². The van der Waals surface area contributed by atoms with E-state index in [0.29, 0.717) is 23.6 Å². The van der Waals surface area contributed by atoms with Crippen molar-refractivity contribution in [1.82, 2.24) is 0 Å². The molecule has 3 unspecified atom stereocenters. The van der Waals surface area contributed by atoms with E-state index in [1.54, 1.807) is 12.1 Å². The van der Waals surface area contributed by atoms with Gasteiger partial charge in [0.1, 0.15) is 0 Å². The Kier molecular flexibility index (Phi) is 4.90. The topological polar surface area (TPSA) is 66.4 Å². The minimum atomic E-state index is -0.900. The molecule has 0 saturated heterocycles. The molecule has 1 fully saturated rings. The van der Waals surface area contributed by atoms with Crippen molar-refractivity contribution in [2.75, 3.05) is 5.32 Å². The summed E-state index contributed by atoms with van der Waals surface area (Å²) in [4.78, 5) is 23.5. The number of nitrogens with one attached hydrogen (secondary N) is 1. The second-order valence-corrected chi connectivity index (χ2v) is 6.89. The summed E-state index contributed by atoms with van der Waals surface area (Å²) in [6, 6.07) is 5.33. The van der Waals surface area contributed by atoms with Gasteiger partial charge in [0.2, 0.25) is 5.91 Å². The van der Waals surface area contributed by atoms with Crippen LogP contribution in [0.3, 0.4) is 0 Å². The molecule has 2 N–H and O–H groups in total. The Hall–Kier alpha value is -0.820. The van der Waals surface area contributed by atoms with Gasteiger partial charge in [0.05, 0.1) is 22.5 Å². The molecule has 2 rings (SSSR count). The van der Waals surface area contributed by atoms with Crippen molar-refractivity contribution in [2.45, 2.75) is 19.8 Å². The molecule has 3 atom stereocenters. The third-order valence-corrected chi connectivity index (χ3v) is 4.62. The Labute approximate surface area is 136 Å². The van der Waals surface area contributed by atoms with Gasteiger partial charge >= 0.3 is 5.97 Å². The highest BCUT2D eigenvalue weighted by atomic mass is 127. The van der Waals surface area contributed by atoms with Crippen LogP contribution in [0.2, 0.25) is 5.02 Å². The predicted molar refractivity (Wildman–Crippen MR) is 85.8 cm³/mol. The zero-order valence-electron chi connectivity index (χ0n) is 10.9. The van der Waals surface area contributed by atoms with Gasteiger partial charge < -0.3 is 10.4 Å². The molecule has 0 radical (unpaired) electrons. The molecule has 1 saturated carbocycles. The molecule has 108 valence electrons. The molecule has 0 aromatic heterocycles. The molecule has 1 aromatic carbocycles. The van der Waals surface area contributed by atoms with Crippen molar-refractivity contribution < 1.29 is 14.7 Å².